The van der Waals surface area contributed by atoms with Gasteiger partial charge in [0.05, 0.1) is 18.6 Å². The molecule has 0 bridgehead atoms. The number of hydrogen-bond acceptors (Lipinski definition) is 7. The van der Waals surface area contributed by atoms with Gasteiger partial charge >= 0.3 is 0 Å². The molecule has 34 heavy (non-hydrogen) atoms. The van der Waals surface area contributed by atoms with Crippen molar-refractivity contribution >= 4 is 11.8 Å². The first-order valence-corrected chi connectivity index (χ1v) is 12.7. The molecule has 2 aliphatic heterocycles. The van der Waals surface area contributed by atoms with E-state index in [0.717, 1.165) is 51.9 Å². The first kappa shape index (κ1) is 26.4. The van der Waals surface area contributed by atoms with Gasteiger partial charge in [0.25, 0.3) is 5.91 Å². The largest absolute Gasteiger partial charge is 0.447 e. The van der Waals surface area contributed by atoms with Crippen molar-refractivity contribution in [1.82, 2.24) is 24.6 Å². The SMILES string of the molecule is C=CCC[C@@H](O)CN1CCN(Cc2nc(C(=O)N3CCC[C@@H](C(=O)N(CC)CC)C3)co2)CC1. The Bertz CT molecular complexity index is 801. The highest BCUT2D eigenvalue weighted by Gasteiger charge is 2.32. The molecule has 0 saturated carbocycles. The summed E-state index contributed by atoms with van der Waals surface area (Å²) in [6.45, 7) is 14.9. The molecule has 0 aliphatic carbocycles. The molecule has 2 atom stereocenters. The number of rotatable bonds is 11. The van der Waals surface area contributed by atoms with Crippen LogP contribution in [0.4, 0.5) is 0 Å². The molecule has 0 aromatic carbocycles. The molecule has 0 spiro atoms. The van der Waals surface area contributed by atoms with Crippen LogP contribution in [0.3, 0.4) is 0 Å². The lowest BCUT2D eigenvalue weighted by atomic mass is 9.96. The van der Waals surface area contributed by atoms with Crippen molar-refractivity contribution in [2.75, 3.05) is 58.9 Å². The van der Waals surface area contributed by atoms with Crippen molar-refractivity contribution in [2.24, 2.45) is 5.92 Å². The average molecular weight is 476 g/mol. The molecule has 1 aromatic heterocycles. The summed E-state index contributed by atoms with van der Waals surface area (Å²) in [7, 11) is 0. The predicted molar refractivity (Wildman–Crippen MR) is 130 cm³/mol. The number of allylic oxidation sites excluding steroid dienone is 1. The molecule has 3 heterocycles. The number of likely N-dealkylation sites (tertiary alicyclic amines) is 1. The topological polar surface area (TPSA) is 93.4 Å². The van der Waals surface area contributed by atoms with Crippen LogP contribution in [0.5, 0.6) is 0 Å². The molecule has 0 unspecified atom stereocenters. The van der Waals surface area contributed by atoms with Crippen LogP contribution in [0.2, 0.25) is 0 Å². The van der Waals surface area contributed by atoms with Gasteiger partial charge in [0, 0.05) is 58.9 Å². The van der Waals surface area contributed by atoms with Gasteiger partial charge < -0.3 is 19.3 Å². The number of nitrogens with zero attached hydrogens (tertiary/aromatic N) is 5. The molecule has 2 fully saturated rings. The van der Waals surface area contributed by atoms with Gasteiger partial charge in [0.1, 0.15) is 6.26 Å². The summed E-state index contributed by atoms with van der Waals surface area (Å²) in [6.07, 6.45) is 6.18. The fourth-order valence-electron chi connectivity index (χ4n) is 4.82. The number of hydrogen-bond donors (Lipinski definition) is 1. The third-order valence-electron chi connectivity index (χ3n) is 6.90. The molecule has 190 valence electrons. The Labute approximate surface area is 203 Å². The number of amides is 2. The van der Waals surface area contributed by atoms with Gasteiger partial charge in [-0.1, -0.05) is 6.08 Å². The second-order valence-corrected chi connectivity index (χ2v) is 9.32. The summed E-state index contributed by atoms with van der Waals surface area (Å²) in [4.78, 5) is 38.4. The predicted octanol–water partition coefficient (Wildman–Crippen LogP) is 1.84. The van der Waals surface area contributed by atoms with E-state index in [1.54, 1.807) is 4.90 Å². The molecule has 2 aliphatic rings. The summed E-state index contributed by atoms with van der Waals surface area (Å²) >= 11 is 0. The lowest BCUT2D eigenvalue weighted by Gasteiger charge is -2.35. The second-order valence-electron chi connectivity index (χ2n) is 9.32. The fourth-order valence-corrected chi connectivity index (χ4v) is 4.82. The van der Waals surface area contributed by atoms with E-state index in [2.05, 4.69) is 21.4 Å². The molecule has 1 aromatic rings. The van der Waals surface area contributed by atoms with Crippen molar-refractivity contribution in [3.05, 3.63) is 30.5 Å². The van der Waals surface area contributed by atoms with E-state index in [0.29, 0.717) is 50.9 Å². The molecule has 0 radical (unpaired) electrons. The van der Waals surface area contributed by atoms with Crippen LogP contribution >= 0.6 is 0 Å². The Balaban J connectivity index is 1.47. The minimum atomic E-state index is -0.318. The molecule has 3 rings (SSSR count). The summed E-state index contributed by atoms with van der Waals surface area (Å²) in [6, 6.07) is 0. The quantitative estimate of drug-likeness (QED) is 0.488. The smallest absolute Gasteiger partial charge is 0.275 e. The maximum Gasteiger partial charge on any atom is 0.275 e. The summed E-state index contributed by atoms with van der Waals surface area (Å²) in [5.41, 5.74) is 0.315. The van der Waals surface area contributed by atoms with Gasteiger partial charge in [-0.25, -0.2) is 4.98 Å². The second kappa shape index (κ2) is 13.0. The van der Waals surface area contributed by atoms with Crippen LogP contribution in [0.15, 0.2) is 23.3 Å². The Morgan fingerprint density at radius 2 is 1.94 bits per heavy atom. The highest BCUT2D eigenvalue weighted by atomic mass is 16.3. The maximum absolute atomic E-state index is 13.0. The zero-order chi connectivity index (χ0) is 24.5. The minimum absolute atomic E-state index is 0.135. The van der Waals surface area contributed by atoms with Crippen molar-refractivity contribution in [3.8, 4) is 0 Å². The van der Waals surface area contributed by atoms with E-state index in [1.165, 1.54) is 6.26 Å². The van der Waals surface area contributed by atoms with Gasteiger partial charge in [-0.3, -0.25) is 19.4 Å². The molecule has 2 saturated heterocycles. The first-order chi connectivity index (χ1) is 16.4. The van der Waals surface area contributed by atoms with E-state index < -0.39 is 0 Å². The van der Waals surface area contributed by atoms with Crippen molar-refractivity contribution < 1.29 is 19.1 Å². The number of piperazine rings is 1. The van der Waals surface area contributed by atoms with Crippen LogP contribution in [0, 0.1) is 5.92 Å². The van der Waals surface area contributed by atoms with Gasteiger partial charge in [-0.15, -0.1) is 6.58 Å². The van der Waals surface area contributed by atoms with E-state index in [-0.39, 0.29) is 23.8 Å². The van der Waals surface area contributed by atoms with E-state index in [9.17, 15) is 14.7 Å². The van der Waals surface area contributed by atoms with E-state index in [1.807, 2.05) is 24.8 Å². The normalized spacial score (nSPS) is 20.8. The summed E-state index contributed by atoms with van der Waals surface area (Å²) in [5, 5.41) is 10.1. The first-order valence-electron chi connectivity index (χ1n) is 12.7. The maximum atomic E-state index is 13.0. The standard InChI is InChI=1S/C25H41N5O4/c1-4-7-10-21(31)17-27-12-14-28(15-13-27)18-23-26-22(19-34-23)25(33)30-11-8-9-20(16-30)24(32)29(5-2)6-3/h4,19-21,31H,1,5-18H2,2-3H3/t20-,21-/m1/s1. The minimum Gasteiger partial charge on any atom is -0.447 e. The molecule has 9 nitrogen and oxygen atoms in total. The fraction of sp³-hybridized carbons (Fsp3) is 0.720. The monoisotopic (exact) mass is 475 g/mol. The Morgan fingerprint density at radius 3 is 2.62 bits per heavy atom. The van der Waals surface area contributed by atoms with Crippen LogP contribution in [-0.4, -0.2) is 107 Å². The number of aromatic nitrogens is 1. The lowest BCUT2D eigenvalue weighted by Crippen LogP contribution is -2.48. The number of β-amino-alcohol motifs (C(OH)–C–C–N with tert-alkyl or cyclic N) is 1. The van der Waals surface area contributed by atoms with Crippen molar-refractivity contribution in [3.63, 3.8) is 0 Å². The molecular formula is C25H41N5O4. The Kier molecular flexibility index (Phi) is 10.1. The number of carbonyl (C=O) groups is 2. The van der Waals surface area contributed by atoms with Crippen LogP contribution in [0.1, 0.15) is 55.9 Å². The van der Waals surface area contributed by atoms with Gasteiger partial charge in [0.15, 0.2) is 5.69 Å². The Morgan fingerprint density at radius 1 is 1.24 bits per heavy atom. The van der Waals surface area contributed by atoms with Crippen molar-refractivity contribution in [1.29, 1.82) is 0 Å². The number of aliphatic hydroxyl groups excluding tert-OH is 1. The molecule has 1 N–H and O–H groups in total. The Hall–Kier alpha value is -2.23. The third kappa shape index (κ3) is 7.13. The van der Waals surface area contributed by atoms with E-state index >= 15 is 0 Å². The van der Waals surface area contributed by atoms with Gasteiger partial charge in [-0.2, -0.15) is 0 Å². The molecular weight excluding hydrogens is 434 g/mol. The summed E-state index contributed by atoms with van der Waals surface area (Å²) in [5.74, 6) is 0.368. The van der Waals surface area contributed by atoms with Crippen LogP contribution < -0.4 is 0 Å². The third-order valence-corrected chi connectivity index (χ3v) is 6.90. The highest BCUT2D eigenvalue weighted by Crippen LogP contribution is 2.21. The molecule has 2 amide bonds. The zero-order valence-corrected chi connectivity index (χ0v) is 20.8. The average Bonchev–Trinajstić information content (AvgIpc) is 3.32. The van der Waals surface area contributed by atoms with Gasteiger partial charge in [-0.05, 0) is 39.5 Å². The number of aliphatic hydroxyl groups is 1. The number of oxazole rings is 1. The van der Waals surface area contributed by atoms with E-state index in [4.69, 9.17) is 4.42 Å². The molecule has 9 heteroatoms. The van der Waals surface area contributed by atoms with Crippen LogP contribution in [-0.2, 0) is 11.3 Å². The number of piperidine rings is 1. The van der Waals surface area contributed by atoms with Crippen molar-refractivity contribution in [2.45, 2.75) is 52.2 Å². The van der Waals surface area contributed by atoms with Crippen LogP contribution in [0.25, 0.3) is 0 Å². The zero-order valence-electron chi connectivity index (χ0n) is 20.8. The van der Waals surface area contributed by atoms with Gasteiger partial charge in [0.2, 0.25) is 11.8 Å². The summed E-state index contributed by atoms with van der Waals surface area (Å²) < 4.78 is 5.62. The highest BCUT2D eigenvalue weighted by molar-refractivity contribution is 5.92. The lowest BCUT2D eigenvalue weighted by molar-refractivity contribution is -0.136. The number of carbonyl (C=O) groups excluding carboxylic acids is 2.